The molecular weight excluding hydrogens is 749 g/mol. The van der Waals surface area contributed by atoms with Crippen molar-refractivity contribution in [3.05, 3.63) is 193 Å². The Labute approximate surface area is 350 Å². The number of hydrogen-bond donors (Lipinski definition) is 0. The van der Waals surface area contributed by atoms with Crippen LogP contribution in [0.4, 0.5) is 0 Å². The maximum absolute atomic E-state index is 2.52. The van der Waals surface area contributed by atoms with E-state index in [1.807, 2.05) is 22.7 Å². The van der Waals surface area contributed by atoms with Gasteiger partial charge in [0.1, 0.15) is 0 Å². The summed E-state index contributed by atoms with van der Waals surface area (Å²) in [5, 5.41) is 13.3. The normalized spacial score (nSPS) is 13.4. The lowest BCUT2D eigenvalue weighted by Gasteiger charge is -2.23. The summed E-state index contributed by atoms with van der Waals surface area (Å²) < 4.78 is 5.43. The number of benzene rings is 10. The second-order valence-corrected chi connectivity index (χ2v) is 18.8. The van der Waals surface area contributed by atoms with Gasteiger partial charge in [0.2, 0.25) is 0 Å². The van der Waals surface area contributed by atoms with Crippen LogP contribution in [0.15, 0.2) is 182 Å². The van der Waals surface area contributed by atoms with Crippen LogP contribution in [0.5, 0.6) is 0 Å². The van der Waals surface area contributed by atoms with Crippen LogP contribution in [0, 0.1) is 0 Å². The molecule has 59 heavy (non-hydrogen) atoms. The first-order valence-corrected chi connectivity index (χ1v) is 22.1. The van der Waals surface area contributed by atoms with Gasteiger partial charge >= 0.3 is 0 Å². The third kappa shape index (κ3) is 4.65. The Morgan fingerprint density at radius 3 is 1.47 bits per heavy atom. The molecule has 0 fully saturated rings. The van der Waals surface area contributed by atoms with Crippen molar-refractivity contribution in [2.45, 2.75) is 19.3 Å². The molecule has 1 aliphatic rings. The molecule has 0 unspecified atom stereocenters. The molecule has 0 bridgehead atoms. The van der Waals surface area contributed by atoms with Crippen LogP contribution in [0.2, 0.25) is 0 Å². The highest BCUT2D eigenvalue weighted by Gasteiger charge is 2.36. The van der Waals surface area contributed by atoms with Crippen molar-refractivity contribution in [2.24, 2.45) is 0 Å². The minimum atomic E-state index is -0.193. The Hall–Kier alpha value is -6.58. The fourth-order valence-corrected chi connectivity index (χ4v) is 13.0. The number of rotatable bonds is 3. The monoisotopic (exact) mass is 784 g/mol. The number of fused-ring (bicyclic) bond motifs is 14. The molecular formula is C57H36S2. The SMILES string of the molecule is CC1(C)c2cc(-c3c4ccccc4c(-c4ccccc4)c4ccccc34)ccc2-c2ccc(-c3cc4c(ccc5c6ccccc6sc54)c4c3sc3ccccc34)cc21. The predicted molar refractivity (Wildman–Crippen MR) is 259 cm³/mol. The third-order valence-electron chi connectivity index (χ3n) is 13.3. The topological polar surface area (TPSA) is 0 Å². The standard InChI is InChI=1S/C57H36S2/c1-57(2)48-30-34(46-32-47-43(54-45-21-11-13-23-51(45)59-56(46)54)28-29-44-38-16-10-12-22-50(38)58-55(44)47)24-26-36(48)37-27-25-35(31-49(37)57)53-41-19-8-6-17-39(41)52(33-14-4-3-5-15-33)40-18-7-9-20-42(40)53/h3-32H,1-2H3. The molecule has 10 aromatic carbocycles. The van der Waals surface area contributed by atoms with E-state index in [4.69, 9.17) is 0 Å². The molecule has 2 heterocycles. The van der Waals surface area contributed by atoms with Gasteiger partial charge in [-0.05, 0) is 107 Å². The molecule has 0 radical (unpaired) electrons. The van der Waals surface area contributed by atoms with E-state index in [1.54, 1.807) is 0 Å². The van der Waals surface area contributed by atoms with Crippen molar-refractivity contribution in [1.82, 2.24) is 0 Å². The summed E-state index contributed by atoms with van der Waals surface area (Å²) >= 11 is 3.86. The molecule has 2 aromatic heterocycles. The van der Waals surface area contributed by atoms with Crippen LogP contribution < -0.4 is 0 Å². The molecule has 1 aliphatic carbocycles. The molecule has 2 heteroatoms. The summed E-state index contributed by atoms with van der Waals surface area (Å²) in [7, 11) is 0. The lowest BCUT2D eigenvalue weighted by atomic mass is 9.80. The van der Waals surface area contributed by atoms with Crippen LogP contribution >= 0.6 is 22.7 Å². The maximum Gasteiger partial charge on any atom is 0.0440 e. The quantitative estimate of drug-likeness (QED) is 0.157. The first-order chi connectivity index (χ1) is 29.0. The Balaban J connectivity index is 1.01. The van der Waals surface area contributed by atoms with Crippen molar-refractivity contribution in [1.29, 1.82) is 0 Å². The van der Waals surface area contributed by atoms with Crippen LogP contribution in [0.25, 0.3) is 117 Å². The maximum atomic E-state index is 2.52. The summed E-state index contributed by atoms with van der Waals surface area (Å²) in [6.45, 7) is 4.85. The minimum absolute atomic E-state index is 0.193. The van der Waals surface area contributed by atoms with Gasteiger partial charge in [-0.1, -0.05) is 166 Å². The van der Waals surface area contributed by atoms with E-state index < -0.39 is 0 Å². The molecule has 12 aromatic rings. The van der Waals surface area contributed by atoms with Crippen molar-refractivity contribution in [2.75, 3.05) is 0 Å². The van der Waals surface area contributed by atoms with E-state index in [0.29, 0.717) is 0 Å². The Morgan fingerprint density at radius 2 is 0.814 bits per heavy atom. The van der Waals surface area contributed by atoms with Crippen LogP contribution in [-0.4, -0.2) is 0 Å². The summed E-state index contributed by atoms with van der Waals surface area (Å²) in [6, 6.07) is 68.5. The zero-order valence-corrected chi connectivity index (χ0v) is 34.3. The molecule has 0 saturated carbocycles. The fourth-order valence-electron chi connectivity index (χ4n) is 10.5. The number of thiophene rings is 2. The first kappa shape index (κ1) is 33.4. The highest BCUT2D eigenvalue weighted by Crippen LogP contribution is 2.54. The van der Waals surface area contributed by atoms with Gasteiger partial charge in [0.15, 0.2) is 0 Å². The van der Waals surface area contributed by atoms with Gasteiger partial charge in [0.25, 0.3) is 0 Å². The van der Waals surface area contributed by atoms with Crippen molar-refractivity contribution in [3.63, 3.8) is 0 Å². The molecule has 0 saturated heterocycles. The second kappa shape index (κ2) is 12.2. The third-order valence-corrected chi connectivity index (χ3v) is 15.7. The summed E-state index contributed by atoms with van der Waals surface area (Å²) in [5.41, 5.74) is 13.0. The number of hydrogen-bond acceptors (Lipinski definition) is 2. The summed E-state index contributed by atoms with van der Waals surface area (Å²) in [4.78, 5) is 0. The van der Waals surface area contributed by atoms with Gasteiger partial charge in [-0.25, -0.2) is 0 Å². The van der Waals surface area contributed by atoms with Crippen molar-refractivity contribution >= 4 is 95.3 Å². The van der Waals surface area contributed by atoms with Crippen molar-refractivity contribution in [3.8, 4) is 44.5 Å². The summed E-state index contributed by atoms with van der Waals surface area (Å²) in [6.07, 6.45) is 0. The van der Waals surface area contributed by atoms with Gasteiger partial charge in [0, 0.05) is 56.7 Å². The van der Waals surface area contributed by atoms with Crippen LogP contribution in [0.1, 0.15) is 25.0 Å². The van der Waals surface area contributed by atoms with Gasteiger partial charge < -0.3 is 0 Å². The average Bonchev–Trinajstić information content (AvgIpc) is 3.93. The first-order valence-electron chi connectivity index (χ1n) is 20.5. The van der Waals surface area contributed by atoms with E-state index >= 15 is 0 Å². The van der Waals surface area contributed by atoms with Gasteiger partial charge in [-0.3, -0.25) is 0 Å². The zero-order chi connectivity index (χ0) is 39.0. The van der Waals surface area contributed by atoms with Gasteiger partial charge in [-0.2, -0.15) is 0 Å². The second-order valence-electron chi connectivity index (χ2n) is 16.7. The van der Waals surface area contributed by atoms with E-state index in [1.165, 1.54) is 128 Å². The van der Waals surface area contributed by atoms with E-state index in [9.17, 15) is 0 Å². The molecule has 276 valence electrons. The molecule has 0 spiro atoms. The summed E-state index contributed by atoms with van der Waals surface area (Å²) in [5.74, 6) is 0. The van der Waals surface area contributed by atoms with Gasteiger partial charge in [0.05, 0.1) is 0 Å². The molecule has 0 nitrogen and oxygen atoms in total. The molecule has 0 amide bonds. The largest absolute Gasteiger partial charge is 0.135 e. The highest BCUT2D eigenvalue weighted by atomic mass is 32.1. The van der Waals surface area contributed by atoms with E-state index in [2.05, 4.69) is 196 Å². The van der Waals surface area contributed by atoms with E-state index in [0.717, 1.165) is 0 Å². The smallest absolute Gasteiger partial charge is 0.0440 e. The fraction of sp³-hybridized carbons (Fsp3) is 0.0526. The van der Waals surface area contributed by atoms with E-state index in [-0.39, 0.29) is 5.41 Å². The molecule has 0 aliphatic heterocycles. The average molecular weight is 785 g/mol. The molecule has 13 rings (SSSR count). The predicted octanol–water partition coefficient (Wildman–Crippen LogP) is 17.2. The van der Waals surface area contributed by atoms with Crippen LogP contribution in [-0.2, 0) is 5.41 Å². The lowest BCUT2D eigenvalue weighted by Crippen LogP contribution is -2.15. The van der Waals surface area contributed by atoms with Crippen molar-refractivity contribution < 1.29 is 0 Å². The Morgan fingerprint density at radius 1 is 0.322 bits per heavy atom. The Kier molecular flexibility index (Phi) is 6.92. The zero-order valence-electron chi connectivity index (χ0n) is 32.6. The van der Waals surface area contributed by atoms with Crippen LogP contribution in [0.3, 0.4) is 0 Å². The Bertz CT molecular complexity index is 3690. The highest BCUT2D eigenvalue weighted by molar-refractivity contribution is 7.27. The minimum Gasteiger partial charge on any atom is -0.135 e. The lowest BCUT2D eigenvalue weighted by molar-refractivity contribution is 0.661. The van der Waals surface area contributed by atoms with Gasteiger partial charge in [-0.15, -0.1) is 22.7 Å². The molecule has 0 atom stereocenters. The molecule has 0 N–H and O–H groups in total.